The fourth-order valence-corrected chi connectivity index (χ4v) is 2.70. The second-order valence-corrected chi connectivity index (χ2v) is 5.32. The number of benzene rings is 2. The maximum atomic E-state index is 6.01. The summed E-state index contributed by atoms with van der Waals surface area (Å²) in [6.45, 7) is 0. The van der Waals surface area contributed by atoms with Crippen LogP contribution in [0.1, 0.15) is 0 Å². The lowest BCUT2D eigenvalue weighted by Crippen LogP contribution is -2.14. The molecule has 0 radical (unpaired) electrons. The van der Waals surface area contributed by atoms with E-state index in [9.17, 15) is 0 Å². The third kappa shape index (κ3) is 2.48. The van der Waals surface area contributed by atoms with Crippen LogP contribution < -0.4 is 30.5 Å². The number of anilines is 1. The molecule has 8 nitrogen and oxygen atoms in total. The van der Waals surface area contributed by atoms with E-state index >= 15 is 0 Å². The smallest absolute Gasteiger partial charge is 0.237 e. The molecule has 128 valence electrons. The van der Waals surface area contributed by atoms with Crippen LogP contribution in [-0.2, 0) is 0 Å². The zero-order chi connectivity index (χ0) is 17.4. The van der Waals surface area contributed by atoms with Crippen molar-refractivity contribution in [2.75, 3.05) is 20.0 Å². The first-order valence-electron chi connectivity index (χ1n) is 7.41. The van der Waals surface area contributed by atoms with Crippen molar-refractivity contribution in [3.05, 3.63) is 36.5 Å². The van der Waals surface area contributed by atoms with Gasteiger partial charge in [-0.2, -0.15) is 0 Å². The van der Waals surface area contributed by atoms with Crippen molar-refractivity contribution < 1.29 is 23.7 Å². The second-order valence-electron chi connectivity index (χ2n) is 5.32. The number of aromatic nitrogens is 1. The van der Waals surface area contributed by atoms with Gasteiger partial charge in [-0.3, -0.25) is 0 Å². The Labute approximate surface area is 142 Å². The van der Waals surface area contributed by atoms with Gasteiger partial charge in [0.1, 0.15) is 5.75 Å². The molecule has 0 atom stereocenters. The van der Waals surface area contributed by atoms with Gasteiger partial charge in [-0.25, -0.2) is 0 Å². The predicted octanol–water partition coefficient (Wildman–Crippen LogP) is 2.80. The molecule has 0 saturated carbocycles. The fraction of sp³-hybridized carbons (Fsp3) is 0.118. The summed E-state index contributed by atoms with van der Waals surface area (Å²) in [6.07, 6.45) is 1.63. The van der Waals surface area contributed by atoms with Gasteiger partial charge in [-0.05, 0) is 29.8 Å². The summed E-state index contributed by atoms with van der Waals surface area (Å²) in [4.78, 5) is 10.4. The molecule has 3 aromatic rings. The van der Waals surface area contributed by atoms with Crippen molar-refractivity contribution in [2.24, 2.45) is 0 Å². The van der Waals surface area contributed by atoms with Gasteiger partial charge in [0.25, 0.3) is 0 Å². The largest absolute Gasteiger partial charge is 0.495 e. The Morgan fingerprint density at radius 3 is 2.60 bits per heavy atom. The Hall–Kier alpha value is -3.39. The normalized spacial score (nSPS) is 12.2. The molecule has 0 saturated heterocycles. The first-order chi connectivity index (χ1) is 12.2. The minimum absolute atomic E-state index is 0.473. The molecule has 1 aromatic heterocycles. The minimum Gasteiger partial charge on any atom is -0.495 e. The van der Waals surface area contributed by atoms with E-state index in [2.05, 4.69) is 10.8 Å². The number of nitrogens with two attached hydrogens (primary N) is 1. The maximum absolute atomic E-state index is 6.01. The molecule has 2 heterocycles. The zero-order valence-electron chi connectivity index (χ0n) is 13.5. The molecular weight excluding hydrogens is 326 g/mol. The van der Waals surface area contributed by atoms with Crippen LogP contribution in [0.2, 0.25) is 0 Å². The molecule has 0 spiro atoms. The Kier molecular flexibility index (Phi) is 3.58. The number of nitrogens with one attached hydrogen (secondary N) is 1. The van der Waals surface area contributed by atoms with Crippen LogP contribution in [0, 0.1) is 0 Å². The second kappa shape index (κ2) is 5.91. The molecule has 1 aliphatic heterocycles. The average Bonchev–Trinajstić information content (AvgIpc) is 3.29. The van der Waals surface area contributed by atoms with Gasteiger partial charge >= 0.3 is 0 Å². The molecule has 0 aliphatic carbocycles. The van der Waals surface area contributed by atoms with Crippen molar-refractivity contribution in [3.8, 4) is 45.4 Å². The maximum Gasteiger partial charge on any atom is 0.237 e. The number of rotatable bonds is 4. The molecule has 4 rings (SSSR count). The van der Waals surface area contributed by atoms with Crippen LogP contribution >= 0.6 is 0 Å². The summed E-state index contributed by atoms with van der Waals surface area (Å²) in [7, 11) is 3.12. The summed E-state index contributed by atoms with van der Waals surface area (Å²) in [5.41, 5.74) is 11.2. The van der Waals surface area contributed by atoms with Crippen molar-refractivity contribution in [3.63, 3.8) is 0 Å². The van der Waals surface area contributed by atoms with Gasteiger partial charge in [-0.15, -0.1) is 0 Å². The SMILES string of the molecule is COc1ccc(-c2cnoc2-c2cc(OC)c3c(c2)ONO3)cc1N. The van der Waals surface area contributed by atoms with Crippen LogP contribution in [0.15, 0.2) is 41.1 Å². The van der Waals surface area contributed by atoms with E-state index in [0.717, 1.165) is 16.7 Å². The van der Waals surface area contributed by atoms with Crippen LogP contribution in [0.4, 0.5) is 5.69 Å². The third-order valence-corrected chi connectivity index (χ3v) is 3.91. The quantitative estimate of drug-likeness (QED) is 0.699. The van der Waals surface area contributed by atoms with E-state index in [0.29, 0.717) is 34.4 Å². The van der Waals surface area contributed by atoms with E-state index in [-0.39, 0.29) is 0 Å². The van der Waals surface area contributed by atoms with Crippen molar-refractivity contribution in [2.45, 2.75) is 0 Å². The Morgan fingerprint density at radius 2 is 1.84 bits per heavy atom. The van der Waals surface area contributed by atoms with Gasteiger partial charge in [-0.1, -0.05) is 11.2 Å². The fourth-order valence-electron chi connectivity index (χ4n) is 2.70. The van der Waals surface area contributed by atoms with Crippen molar-refractivity contribution in [1.82, 2.24) is 10.8 Å². The average molecular weight is 341 g/mol. The Balaban J connectivity index is 1.82. The highest BCUT2D eigenvalue weighted by Crippen LogP contribution is 2.45. The topological polar surface area (TPSA) is 101 Å². The zero-order valence-corrected chi connectivity index (χ0v) is 13.5. The summed E-state index contributed by atoms with van der Waals surface area (Å²) < 4.78 is 16.0. The lowest BCUT2D eigenvalue weighted by molar-refractivity contribution is 0.0248. The van der Waals surface area contributed by atoms with Crippen LogP contribution in [0.3, 0.4) is 0 Å². The van der Waals surface area contributed by atoms with E-state index < -0.39 is 0 Å². The highest BCUT2D eigenvalue weighted by atomic mass is 16.9. The first-order valence-corrected chi connectivity index (χ1v) is 7.41. The number of hydrogen-bond acceptors (Lipinski definition) is 8. The molecule has 8 heteroatoms. The summed E-state index contributed by atoms with van der Waals surface area (Å²) >= 11 is 0. The number of hydrogen-bond donors (Lipinski definition) is 2. The number of ether oxygens (including phenoxy) is 2. The minimum atomic E-state index is 0.473. The molecular formula is C17H15N3O5. The standard InChI is InChI=1S/C17H15N3O5/c1-21-13-4-3-9(5-12(13)18)11-8-19-24-16(11)10-6-14(22-2)17-15(7-10)23-20-25-17/h3-8,20H,18H2,1-2H3. The van der Waals surface area contributed by atoms with Crippen LogP contribution in [0.25, 0.3) is 22.5 Å². The summed E-state index contributed by atoms with van der Waals surface area (Å²) in [5, 5.41) is 3.92. The Morgan fingerprint density at radius 1 is 1.00 bits per heavy atom. The predicted molar refractivity (Wildman–Crippen MR) is 89.3 cm³/mol. The van der Waals surface area contributed by atoms with Gasteiger partial charge in [0.05, 0.1) is 26.1 Å². The highest BCUT2D eigenvalue weighted by Gasteiger charge is 2.24. The summed E-state index contributed by atoms with van der Waals surface area (Å²) in [6, 6.07) is 9.05. The molecule has 0 bridgehead atoms. The van der Waals surface area contributed by atoms with Gasteiger partial charge in [0.2, 0.25) is 11.5 Å². The van der Waals surface area contributed by atoms with E-state index in [1.807, 2.05) is 6.07 Å². The lowest BCUT2D eigenvalue weighted by Gasteiger charge is -2.08. The van der Waals surface area contributed by atoms with Crippen molar-refractivity contribution in [1.29, 1.82) is 0 Å². The molecule has 0 fully saturated rings. The van der Waals surface area contributed by atoms with Crippen LogP contribution in [0.5, 0.6) is 23.0 Å². The summed E-state index contributed by atoms with van der Waals surface area (Å²) in [5.74, 6) is 2.64. The van der Waals surface area contributed by atoms with E-state index in [1.165, 1.54) is 0 Å². The number of nitrogen functional groups attached to an aromatic ring is 1. The van der Waals surface area contributed by atoms with Gasteiger partial charge < -0.3 is 29.4 Å². The molecule has 25 heavy (non-hydrogen) atoms. The van der Waals surface area contributed by atoms with Crippen molar-refractivity contribution >= 4 is 5.69 Å². The van der Waals surface area contributed by atoms with Gasteiger partial charge in [0, 0.05) is 16.8 Å². The monoisotopic (exact) mass is 341 g/mol. The highest BCUT2D eigenvalue weighted by molar-refractivity contribution is 5.83. The molecule has 2 aromatic carbocycles. The van der Waals surface area contributed by atoms with Gasteiger partial charge in [0.15, 0.2) is 11.5 Å². The van der Waals surface area contributed by atoms with Crippen LogP contribution in [-0.4, -0.2) is 19.4 Å². The third-order valence-electron chi connectivity index (χ3n) is 3.91. The number of methoxy groups -OCH3 is 2. The van der Waals surface area contributed by atoms with E-state index in [1.54, 1.807) is 44.7 Å². The Bertz CT molecular complexity index is 938. The molecule has 3 N–H and O–H groups in total. The molecule has 1 aliphatic rings. The first kappa shape index (κ1) is 15.2. The lowest BCUT2D eigenvalue weighted by atomic mass is 10.0. The molecule has 0 amide bonds. The molecule has 0 unspecified atom stereocenters. The number of fused-ring (bicyclic) bond motifs is 1. The number of nitrogens with zero attached hydrogens (tertiary/aromatic N) is 1. The van der Waals surface area contributed by atoms with E-state index in [4.69, 9.17) is 29.4 Å².